The zero-order valence-corrected chi connectivity index (χ0v) is 15.4. The van der Waals surface area contributed by atoms with Crippen LogP contribution in [0.2, 0.25) is 5.02 Å². The van der Waals surface area contributed by atoms with Gasteiger partial charge in [0, 0.05) is 40.8 Å². The second-order valence-electron chi connectivity index (χ2n) is 7.02. The van der Waals surface area contributed by atoms with E-state index >= 15 is 0 Å². The van der Waals surface area contributed by atoms with Crippen molar-refractivity contribution in [1.29, 1.82) is 0 Å². The molecule has 1 aromatic heterocycles. The number of nitrogens with zero attached hydrogens (tertiary/aromatic N) is 1. The maximum Gasteiger partial charge on any atom is 0.0486 e. The van der Waals surface area contributed by atoms with Crippen molar-refractivity contribution in [3.63, 3.8) is 0 Å². The molecule has 1 heterocycles. The van der Waals surface area contributed by atoms with Gasteiger partial charge in [-0.15, -0.1) is 0 Å². The molecule has 0 aliphatic carbocycles. The summed E-state index contributed by atoms with van der Waals surface area (Å²) in [4.78, 5) is 0. The minimum atomic E-state index is 0.152. The van der Waals surface area contributed by atoms with E-state index in [1.54, 1.807) is 0 Å². The molecule has 0 amide bonds. The Morgan fingerprint density at radius 2 is 1.75 bits per heavy atom. The van der Waals surface area contributed by atoms with Crippen LogP contribution >= 0.6 is 11.6 Å². The molecular weight excluding hydrogens is 316 g/mol. The molecule has 0 unspecified atom stereocenters. The number of benzene rings is 2. The molecule has 0 fully saturated rings. The van der Waals surface area contributed by atoms with E-state index in [2.05, 4.69) is 73.3 Å². The molecule has 2 aromatic carbocycles. The second-order valence-corrected chi connectivity index (χ2v) is 7.45. The lowest BCUT2D eigenvalue weighted by molar-refractivity contribution is 0.375. The zero-order valence-electron chi connectivity index (χ0n) is 14.6. The molecule has 0 spiro atoms. The number of hydrogen-bond donors (Lipinski definition) is 1. The number of hydrogen-bond acceptors (Lipinski definition) is 1. The average Bonchev–Trinajstić information content (AvgIpc) is 2.93. The predicted molar refractivity (Wildman–Crippen MR) is 104 cm³/mol. The van der Waals surface area contributed by atoms with E-state index in [1.165, 1.54) is 22.0 Å². The highest BCUT2D eigenvalue weighted by Gasteiger charge is 2.15. The molecule has 0 saturated carbocycles. The standard InChI is InChI=1S/C21H25ClN2/c1-4-21(2,3)23-13-17-15-24(20-8-6-5-7-19(17)20)14-16-9-11-18(22)12-10-16/h5-12,15,23H,4,13-14H2,1-3H3. The van der Waals surface area contributed by atoms with E-state index in [9.17, 15) is 0 Å². The summed E-state index contributed by atoms with van der Waals surface area (Å²) in [5.41, 5.74) is 4.03. The smallest absolute Gasteiger partial charge is 0.0486 e. The van der Waals surface area contributed by atoms with Crippen molar-refractivity contribution in [3.8, 4) is 0 Å². The molecule has 126 valence electrons. The number of aromatic nitrogens is 1. The lowest BCUT2D eigenvalue weighted by Crippen LogP contribution is -2.37. The van der Waals surface area contributed by atoms with Crippen molar-refractivity contribution in [1.82, 2.24) is 9.88 Å². The summed E-state index contributed by atoms with van der Waals surface area (Å²) >= 11 is 6.00. The van der Waals surface area contributed by atoms with Crippen LogP contribution in [-0.4, -0.2) is 10.1 Å². The molecule has 3 rings (SSSR count). The highest BCUT2D eigenvalue weighted by Crippen LogP contribution is 2.23. The number of halogens is 1. The minimum absolute atomic E-state index is 0.152. The van der Waals surface area contributed by atoms with E-state index < -0.39 is 0 Å². The van der Waals surface area contributed by atoms with Crippen LogP contribution in [0.15, 0.2) is 54.7 Å². The molecule has 2 nitrogen and oxygen atoms in total. The Hall–Kier alpha value is -1.77. The maximum absolute atomic E-state index is 6.00. The fourth-order valence-corrected chi connectivity index (χ4v) is 2.97. The Kier molecular flexibility index (Phi) is 4.98. The van der Waals surface area contributed by atoms with Gasteiger partial charge in [-0.05, 0) is 49.6 Å². The molecule has 0 aliphatic rings. The molecule has 1 N–H and O–H groups in total. The molecule has 0 aliphatic heterocycles. The normalized spacial score (nSPS) is 12.0. The van der Waals surface area contributed by atoms with Gasteiger partial charge in [0.25, 0.3) is 0 Å². The Morgan fingerprint density at radius 3 is 2.46 bits per heavy atom. The third-order valence-corrected chi connectivity index (χ3v) is 5.03. The van der Waals surface area contributed by atoms with Gasteiger partial charge in [-0.25, -0.2) is 0 Å². The fraction of sp³-hybridized carbons (Fsp3) is 0.333. The SMILES string of the molecule is CCC(C)(C)NCc1cn(Cc2ccc(Cl)cc2)c2ccccc12. The molecule has 24 heavy (non-hydrogen) atoms. The van der Waals surface area contributed by atoms with Crippen LogP contribution in [0.5, 0.6) is 0 Å². The van der Waals surface area contributed by atoms with Crippen LogP contribution in [0.3, 0.4) is 0 Å². The Labute approximate surface area is 149 Å². The lowest BCUT2D eigenvalue weighted by Gasteiger charge is -2.24. The highest BCUT2D eigenvalue weighted by atomic mass is 35.5. The van der Waals surface area contributed by atoms with Crippen LogP contribution in [-0.2, 0) is 13.1 Å². The monoisotopic (exact) mass is 340 g/mol. The molecule has 3 aromatic rings. The van der Waals surface area contributed by atoms with Gasteiger partial charge < -0.3 is 9.88 Å². The van der Waals surface area contributed by atoms with Gasteiger partial charge in [-0.3, -0.25) is 0 Å². The van der Waals surface area contributed by atoms with Gasteiger partial charge in [0.15, 0.2) is 0 Å². The van der Waals surface area contributed by atoms with Crippen LogP contribution < -0.4 is 5.32 Å². The van der Waals surface area contributed by atoms with E-state index in [-0.39, 0.29) is 5.54 Å². The zero-order chi connectivity index (χ0) is 17.2. The van der Waals surface area contributed by atoms with Gasteiger partial charge in [-0.1, -0.05) is 48.9 Å². The average molecular weight is 341 g/mol. The summed E-state index contributed by atoms with van der Waals surface area (Å²) in [7, 11) is 0. The predicted octanol–water partition coefficient (Wildman–Crippen LogP) is 5.62. The number of nitrogens with one attached hydrogen (secondary N) is 1. The third kappa shape index (κ3) is 3.82. The van der Waals surface area contributed by atoms with E-state index in [4.69, 9.17) is 11.6 Å². The summed E-state index contributed by atoms with van der Waals surface area (Å²) in [6.07, 6.45) is 3.38. The van der Waals surface area contributed by atoms with Crippen molar-refractivity contribution in [2.45, 2.75) is 45.8 Å². The van der Waals surface area contributed by atoms with Crippen LogP contribution in [0.25, 0.3) is 10.9 Å². The first-order valence-electron chi connectivity index (χ1n) is 8.55. The molecule has 0 atom stereocenters. The van der Waals surface area contributed by atoms with Crippen LogP contribution in [0, 0.1) is 0 Å². The summed E-state index contributed by atoms with van der Waals surface area (Å²) in [6, 6.07) is 16.7. The Morgan fingerprint density at radius 1 is 1.04 bits per heavy atom. The third-order valence-electron chi connectivity index (χ3n) is 4.78. The van der Waals surface area contributed by atoms with E-state index in [0.29, 0.717) is 0 Å². The first kappa shape index (κ1) is 17.1. The molecular formula is C21H25ClN2. The largest absolute Gasteiger partial charge is 0.343 e. The second kappa shape index (κ2) is 7.00. The molecule has 0 radical (unpaired) electrons. The Bertz CT molecular complexity index is 815. The first-order chi connectivity index (χ1) is 11.5. The van der Waals surface area contributed by atoms with Crippen LogP contribution in [0.4, 0.5) is 0 Å². The van der Waals surface area contributed by atoms with E-state index in [1.807, 2.05) is 12.1 Å². The summed E-state index contributed by atoms with van der Waals surface area (Å²) < 4.78 is 2.33. The topological polar surface area (TPSA) is 17.0 Å². The number of fused-ring (bicyclic) bond motifs is 1. The summed E-state index contributed by atoms with van der Waals surface area (Å²) in [6.45, 7) is 8.46. The van der Waals surface area contributed by atoms with Gasteiger partial charge in [0.2, 0.25) is 0 Å². The van der Waals surface area contributed by atoms with Gasteiger partial charge in [0.1, 0.15) is 0 Å². The number of rotatable bonds is 6. The summed E-state index contributed by atoms with van der Waals surface area (Å²) in [5.74, 6) is 0. The van der Waals surface area contributed by atoms with Crippen LogP contribution in [0.1, 0.15) is 38.3 Å². The lowest BCUT2D eigenvalue weighted by atomic mass is 10.0. The van der Waals surface area contributed by atoms with Gasteiger partial charge in [-0.2, -0.15) is 0 Å². The van der Waals surface area contributed by atoms with Crippen molar-refractivity contribution < 1.29 is 0 Å². The minimum Gasteiger partial charge on any atom is -0.343 e. The van der Waals surface area contributed by atoms with Crippen molar-refractivity contribution in [2.24, 2.45) is 0 Å². The first-order valence-corrected chi connectivity index (χ1v) is 8.92. The number of para-hydroxylation sites is 1. The van der Waals surface area contributed by atoms with Gasteiger partial charge in [0.05, 0.1) is 0 Å². The van der Waals surface area contributed by atoms with E-state index in [0.717, 1.165) is 24.5 Å². The van der Waals surface area contributed by atoms with Crippen molar-refractivity contribution in [3.05, 3.63) is 70.9 Å². The van der Waals surface area contributed by atoms with Crippen molar-refractivity contribution in [2.75, 3.05) is 0 Å². The molecule has 0 saturated heterocycles. The molecule has 3 heteroatoms. The summed E-state index contributed by atoms with van der Waals surface area (Å²) in [5, 5.41) is 5.78. The maximum atomic E-state index is 6.00. The molecule has 0 bridgehead atoms. The van der Waals surface area contributed by atoms with Crippen molar-refractivity contribution >= 4 is 22.5 Å². The van der Waals surface area contributed by atoms with Gasteiger partial charge >= 0.3 is 0 Å². The quantitative estimate of drug-likeness (QED) is 0.616. The fourth-order valence-electron chi connectivity index (χ4n) is 2.84. The Balaban J connectivity index is 1.90. The highest BCUT2D eigenvalue weighted by molar-refractivity contribution is 6.30.